The lowest BCUT2D eigenvalue weighted by molar-refractivity contribution is -0.149. The predicted octanol–water partition coefficient (Wildman–Crippen LogP) is 3.48. The fourth-order valence-electron chi connectivity index (χ4n) is 1.48. The van der Waals surface area contributed by atoms with Crippen LogP contribution in [-0.2, 0) is 9.53 Å². The topological polar surface area (TPSA) is 26.3 Å². The van der Waals surface area contributed by atoms with E-state index in [1.54, 1.807) is 0 Å². The van der Waals surface area contributed by atoms with E-state index in [2.05, 4.69) is 0 Å². The van der Waals surface area contributed by atoms with E-state index in [1.165, 1.54) is 0 Å². The van der Waals surface area contributed by atoms with Gasteiger partial charge in [-0.2, -0.15) is 0 Å². The van der Waals surface area contributed by atoms with Crippen molar-refractivity contribution in [3.05, 3.63) is 35.9 Å². The zero-order valence-electron chi connectivity index (χ0n) is 9.40. The number of rotatable bonds is 5. The van der Waals surface area contributed by atoms with Gasteiger partial charge in [0, 0.05) is 6.42 Å². The molecule has 0 bridgehead atoms. The molecule has 0 saturated carbocycles. The highest BCUT2D eigenvalue weighted by molar-refractivity contribution is 5.69. The first kappa shape index (κ1) is 11.8. The van der Waals surface area contributed by atoms with Crippen molar-refractivity contribution in [1.29, 1.82) is 0 Å². The van der Waals surface area contributed by atoms with Crippen molar-refractivity contribution >= 4 is 5.97 Å². The van der Waals surface area contributed by atoms with Gasteiger partial charge in [0.25, 0.3) is 0 Å². The van der Waals surface area contributed by atoms with Crippen LogP contribution in [0.5, 0.6) is 0 Å². The Kier molecular flexibility index (Phi) is 4.88. The maximum Gasteiger partial charge on any atom is 0.306 e. The van der Waals surface area contributed by atoms with Gasteiger partial charge >= 0.3 is 5.97 Å². The van der Waals surface area contributed by atoms with E-state index in [9.17, 15) is 4.79 Å². The minimum atomic E-state index is -0.104. The SMILES string of the molecule is CCCC(=O)OC(CC)c1ccccc1. The van der Waals surface area contributed by atoms with E-state index in [0.717, 1.165) is 18.4 Å². The zero-order chi connectivity index (χ0) is 11.1. The monoisotopic (exact) mass is 206 g/mol. The van der Waals surface area contributed by atoms with Gasteiger partial charge in [0.15, 0.2) is 0 Å². The molecule has 0 aliphatic carbocycles. The molecule has 1 atom stereocenters. The second-order valence-electron chi connectivity index (χ2n) is 3.55. The molecular weight excluding hydrogens is 188 g/mol. The number of ether oxygens (including phenoxy) is 1. The van der Waals surface area contributed by atoms with Gasteiger partial charge in [0.2, 0.25) is 0 Å². The summed E-state index contributed by atoms with van der Waals surface area (Å²) in [6.07, 6.45) is 2.07. The molecular formula is C13H18O2. The molecule has 0 aromatic heterocycles. The Labute approximate surface area is 91.3 Å². The molecule has 0 aliphatic heterocycles. The summed E-state index contributed by atoms with van der Waals surface area (Å²) in [5.74, 6) is -0.104. The first-order valence-corrected chi connectivity index (χ1v) is 5.52. The molecule has 2 nitrogen and oxygen atoms in total. The van der Waals surface area contributed by atoms with Crippen LogP contribution >= 0.6 is 0 Å². The van der Waals surface area contributed by atoms with Crippen LogP contribution in [0.4, 0.5) is 0 Å². The molecule has 0 fully saturated rings. The van der Waals surface area contributed by atoms with Gasteiger partial charge in [-0.05, 0) is 18.4 Å². The molecule has 82 valence electrons. The number of benzene rings is 1. The largest absolute Gasteiger partial charge is 0.457 e. The van der Waals surface area contributed by atoms with Gasteiger partial charge in [-0.3, -0.25) is 4.79 Å². The molecule has 1 aromatic rings. The summed E-state index contributed by atoms with van der Waals surface area (Å²) in [6, 6.07) is 9.88. The Balaban J connectivity index is 2.61. The highest BCUT2D eigenvalue weighted by Crippen LogP contribution is 2.21. The summed E-state index contributed by atoms with van der Waals surface area (Å²) in [7, 11) is 0. The highest BCUT2D eigenvalue weighted by atomic mass is 16.5. The molecule has 15 heavy (non-hydrogen) atoms. The molecule has 1 aromatic carbocycles. The van der Waals surface area contributed by atoms with Crippen LogP contribution in [0.15, 0.2) is 30.3 Å². The van der Waals surface area contributed by atoms with E-state index < -0.39 is 0 Å². The normalized spacial score (nSPS) is 12.1. The number of esters is 1. The lowest BCUT2D eigenvalue weighted by atomic mass is 10.1. The van der Waals surface area contributed by atoms with E-state index in [4.69, 9.17) is 4.74 Å². The smallest absolute Gasteiger partial charge is 0.306 e. The molecule has 0 aliphatic rings. The Hall–Kier alpha value is -1.31. The van der Waals surface area contributed by atoms with Crippen molar-refractivity contribution in [3.8, 4) is 0 Å². The van der Waals surface area contributed by atoms with Crippen molar-refractivity contribution < 1.29 is 9.53 Å². The van der Waals surface area contributed by atoms with Gasteiger partial charge < -0.3 is 4.74 Å². The third kappa shape index (κ3) is 3.74. The van der Waals surface area contributed by atoms with E-state index in [0.29, 0.717) is 6.42 Å². The fraction of sp³-hybridized carbons (Fsp3) is 0.462. The molecule has 0 amide bonds. The fourth-order valence-corrected chi connectivity index (χ4v) is 1.48. The minimum absolute atomic E-state index is 0.0924. The Morgan fingerprint density at radius 3 is 2.47 bits per heavy atom. The summed E-state index contributed by atoms with van der Waals surface area (Å²) in [4.78, 5) is 11.4. The van der Waals surface area contributed by atoms with Crippen LogP contribution in [0, 0.1) is 0 Å². The summed E-state index contributed by atoms with van der Waals surface area (Å²) in [6.45, 7) is 4.00. The van der Waals surface area contributed by atoms with Gasteiger partial charge in [-0.15, -0.1) is 0 Å². The molecule has 2 heteroatoms. The van der Waals surface area contributed by atoms with Crippen LogP contribution in [0.1, 0.15) is 44.8 Å². The van der Waals surface area contributed by atoms with Gasteiger partial charge in [-0.1, -0.05) is 44.2 Å². The van der Waals surface area contributed by atoms with Crippen LogP contribution in [0.2, 0.25) is 0 Å². The average molecular weight is 206 g/mol. The Morgan fingerprint density at radius 2 is 1.93 bits per heavy atom. The summed E-state index contributed by atoms with van der Waals surface area (Å²) >= 11 is 0. The molecule has 0 spiro atoms. The quantitative estimate of drug-likeness (QED) is 0.689. The lowest BCUT2D eigenvalue weighted by Gasteiger charge is -2.16. The zero-order valence-corrected chi connectivity index (χ0v) is 9.40. The maximum absolute atomic E-state index is 11.4. The average Bonchev–Trinajstić information content (AvgIpc) is 2.27. The first-order chi connectivity index (χ1) is 7.27. The third-order valence-electron chi connectivity index (χ3n) is 2.27. The number of carbonyl (C=O) groups excluding carboxylic acids is 1. The number of hydrogen-bond acceptors (Lipinski definition) is 2. The maximum atomic E-state index is 11.4. The molecule has 0 saturated heterocycles. The second-order valence-corrected chi connectivity index (χ2v) is 3.55. The Morgan fingerprint density at radius 1 is 1.27 bits per heavy atom. The van der Waals surface area contributed by atoms with Crippen molar-refractivity contribution in [2.45, 2.75) is 39.2 Å². The summed E-state index contributed by atoms with van der Waals surface area (Å²) < 4.78 is 5.39. The highest BCUT2D eigenvalue weighted by Gasteiger charge is 2.13. The van der Waals surface area contributed by atoms with Gasteiger partial charge in [0.05, 0.1) is 0 Å². The van der Waals surface area contributed by atoms with Crippen molar-refractivity contribution in [2.75, 3.05) is 0 Å². The first-order valence-electron chi connectivity index (χ1n) is 5.52. The summed E-state index contributed by atoms with van der Waals surface area (Å²) in [5.41, 5.74) is 1.07. The van der Waals surface area contributed by atoms with E-state index in [-0.39, 0.29) is 12.1 Å². The van der Waals surface area contributed by atoms with E-state index >= 15 is 0 Å². The number of carbonyl (C=O) groups is 1. The van der Waals surface area contributed by atoms with Crippen molar-refractivity contribution in [2.24, 2.45) is 0 Å². The Bertz CT molecular complexity index is 293. The van der Waals surface area contributed by atoms with Crippen molar-refractivity contribution in [1.82, 2.24) is 0 Å². The minimum Gasteiger partial charge on any atom is -0.457 e. The van der Waals surface area contributed by atoms with Gasteiger partial charge in [-0.25, -0.2) is 0 Å². The third-order valence-corrected chi connectivity index (χ3v) is 2.27. The van der Waals surface area contributed by atoms with Crippen molar-refractivity contribution in [3.63, 3.8) is 0 Å². The standard InChI is InChI=1S/C13H18O2/c1-3-8-13(14)15-12(4-2)11-9-6-5-7-10-11/h5-7,9-10,12H,3-4,8H2,1-2H3. The molecule has 0 radical (unpaired) electrons. The predicted molar refractivity (Wildman–Crippen MR) is 60.5 cm³/mol. The molecule has 1 rings (SSSR count). The van der Waals surface area contributed by atoms with E-state index in [1.807, 2.05) is 44.2 Å². The van der Waals surface area contributed by atoms with Crippen LogP contribution in [-0.4, -0.2) is 5.97 Å². The number of hydrogen-bond donors (Lipinski definition) is 0. The van der Waals surface area contributed by atoms with Crippen LogP contribution < -0.4 is 0 Å². The lowest BCUT2D eigenvalue weighted by Crippen LogP contribution is -2.10. The van der Waals surface area contributed by atoms with Crippen LogP contribution in [0.3, 0.4) is 0 Å². The molecule has 0 N–H and O–H groups in total. The van der Waals surface area contributed by atoms with Crippen LogP contribution in [0.25, 0.3) is 0 Å². The summed E-state index contributed by atoms with van der Waals surface area (Å²) in [5, 5.41) is 0. The molecule has 0 heterocycles. The second kappa shape index (κ2) is 6.23. The van der Waals surface area contributed by atoms with Gasteiger partial charge in [0.1, 0.15) is 6.10 Å². The molecule has 1 unspecified atom stereocenters.